The van der Waals surface area contributed by atoms with E-state index in [1.54, 1.807) is 6.20 Å². The van der Waals surface area contributed by atoms with Crippen molar-refractivity contribution >= 4 is 16.3 Å². The molecule has 7 nitrogen and oxygen atoms in total. The summed E-state index contributed by atoms with van der Waals surface area (Å²) < 4.78 is 30.9. The first-order valence-electron chi connectivity index (χ1n) is 7.05. The average molecular weight is 324 g/mol. The summed E-state index contributed by atoms with van der Waals surface area (Å²) in [7, 11) is -4.06. The minimum Gasteiger partial charge on any atom is -0.481 e. The quantitative estimate of drug-likeness (QED) is 0.754. The van der Waals surface area contributed by atoms with Crippen molar-refractivity contribution in [2.45, 2.75) is 53.4 Å². The second-order valence-corrected chi connectivity index (χ2v) is 5.85. The highest BCUT2D eigenvalue weighted by molar-refractivity contribution is 7.83. The molecule has 0 aromatic rings. The molecule has 0 aromatic carbocycles. The molecule has 0 saturated carbocycles. The van der Waals surface area contributed by atoms with Crippen molar-refractivity contribution in [3.8, 4) is 0 Å². The number of carboxylic acid groups (broad SMARTS) is 1. The molecule has 0 atom stereocenters. The molecule has 0 unspecified atom stereocenters. The zero-order chi connectivity index (χ0) is 16.9. The average Bonchev–Trinajstić information content (AvgIpc) is 2.84. The van der Waals surface area contributed by atoms with Crippen LogP contribution in [0.2, 0.25) is 0 Å². The minimum absolute atomic E-state index is 0.221. The number of hydrogen-bond donors (Lipinski definition) is 2. The van der Waals surface area contributed by atoms with Gasteiger partial charge in [-0.25, -0.2) is 4.31 Å². The largest absolute Gasteiger partial charge is 0.481 e. The van der Waals surface area contributed by atoms with Crippen LogP contribution in [0.25, 0.3) is 0 Å². The van der Waals surface area contributed by atoms with Crippen LogP contribution < -0.4 is 0 Å². The fraction of sp³-hybridized carbons (Fsp3) is 0.769. The molecular weight excluding hydrogens is 296 g/mol. The molecule has 2 N–H and O–H groups in total. The zero-order valence-electron chi connectivity index (χ0n) is 13.3. The molecular formula is C13H28N2O5S. The van der Waals surface area contributed by atoms with E-state index in [4.69, 9.17) is 14.5 Å². The van der Waals surface area contributed by atoms with Gasteiger partial charge < -0.3 is 10.0 Å². The maximum absolute atomic E-state index is 10.7. The SMILES string of the molecule is CC(=O)O.CCCC.CCCCN1C=CN(S(=O)(=O)O)C1. The lowest BCUT2D eigenvalue weighted by atomic mass is 10.3. The van der Waals surface area contributed by atoms with E-state index < -0.39 is 16.3 Å². The summed E-state index contributed by atoms with van der Waals surface area (Å²) in [6.07, 6.45) is 7.76. The van der Waals surface area contributed by atoms with Gasteiger partial charge in [-0.3, -0.25) is 9.35 Å². The molecule has 1 rings (SSSR count). The molecule has 0 aliphatic carbocycles. The molecule has 1 aliphatic rings. The van der Waals surface area contributed by atoms with Gasteiger partial charge in [0, 0.05) is 25.9 Å². The molecule has 0 spiro atoms. The Hall–Kier alpha value is -1.28. The van der Waals surface area contributed by atoms with Crippen LogP contribution in [0.3, 0.4) is 0 Å². The topological polar surface area (TPSA) is 98.2 Å². The Kier molecular flexibility index (Phi) is 13.1. The second-order valence-electron chi connectivity index (χ2n) is 4.49. The predicted octanol–water partition coefficient (Wildman–Crippen LogP) is 2.53. The number of carbonyl (C=O) groups is 1. The van der Waals surface area contributed by atoms with E-state index in [-0.39, 0.29) is 6.67 Å². The number of rotatable bonds is 5. The van der Waals surface area contributed by atoms with Gasteiger partial charge in [0.1, 0.15) is 6.67 Å². The molecule has 1 heterocycles. The summed E-state index contributed by atoms with van der Waals surface area (Å²) in [5.41, 5.74) is 0. The monoisotopic (exact) mass is 324 g/mol. The first-order valence-corrected chi connectivity index (χ1v) is 8.44. The van der Waals surface area contributed by atoms with Gasteiger partial charge in [-0.1, -0.05) is 40.0 Å². The van der Waals surface area contributed by atoms with Crippen molar-refractivity contribution in [1.82, 2.24) is 9.21 Å². The smallest absolute Gasteiger partial charge is 0.361 e. The summed E-state index contributed by atoms with van der Waals surface area (Å²) in [6.45, 7) is 8.55. The first kappa shape index (κ1) is 22.0. The van der Waals surface area contributed by atoms with Crippen molar-refractivity contribution in [1.29, 1.82) is 0 Å². The van der Waals surface area contributed by atoms with Crippen LogP contribution in [0.5, 0.6) is 0 Å². The van der Waals surface area contributed by atoms with Crippen LogP contribution in [0.4, 0.5) is 0 Å². The molecule has 0 fully saturated rings. The van der Waals surface area contributed by atoms with Crippen LogP contribution >= 0.6 is 0 Å². The van der Waals surface area contributed by atoms with Gasteiger partial charge in [-0.15, -0.1) is 0 Å². The normalized spacial score (nSPS) is 13.2. The fourth-order valence-corrected chi connectivity index (χ4v) is 1.60. The third kappa shape index (κ3) is 14.9. The van der Waals surface area contributed by atoms with Gasteiger partial charge in [0.2, 0.25) is 0 Å². The number of aliphatic carboxylic acids is 1. The maximum atomic E-state index is 10.7. The van der Waals surface area contributed by atoms with Crippen molar-refractivity contribution in [2.75, 3.05) is 13.2 Å². The Morgan fingerprint density at radius 3 is 1.90 bits per heavy atom. The van der Waals surface area contributed by atoms with Gasteiger partial charge in [-0.2, -0.15) is 8.42 Å². The lowest BCUT2D eigenvalue weighted by Crippen LogP contribution is -2.30. The Morgan fingerprint density at radius 2 is 1.62 bits per heavy atom. The summed E-state index contributed by atoms with van der Waals surface area (Å²) in [6, 6.07) is 0. The van der Waals surface area contributed by atoms with Crippen LogP contribution in [-0.2, 0) is 15.1 Å². The summed E-state index contributed by atoms with van der Waals surface area (Å²) >= 11 is 0. The van der Waals surface area contributed by atoms with E-state index in [0.29, 0.717) is 0 Å². The highest BCUT2D eigenvalue weighted by atomic mass is 32.2. The van der Waals surface area contributed by atoms with E-state index in [1.165, 1.54) is 19.0 Å². The highest BCUT2D eigenvalue weighted by Crippen LogP contribution is 2.10. The maximum Gasteiger partial charge on any atom is 0.361 e. The molecule has 1 aliphatic heterocycles. The van der Waals surface area contributed by atoms with Gasteiger partial charge >= 0.3 is 10.3 Å². The van der Waals surface area contributed by atoms with E-state index in [1.807, 2.05) is 4.90 Å². The summed E-state index contributed by atoms with van der Waals surface area (Å²) in [4.78, 5) is 10.8. The second kappa shape index (κ2) is 12.5. The minimum atomic E-state index is -4.06. The number of hydrogen-bond acceptors (Lipinski definition) is 4. The zero-order valence-corrected chi connectivity index (χ0v) is 14.1. The molecule has 126 valence electrons. The standard InChI is InChI=1S/C7H14N2O3S.C4H10.C2H4O2/c1-2-3-4-8-5-6-9(7-8)13(10,11)12;1-3-4-2;1-2(3)4/h5-6H,2-4,7H2,1H3,(H,10,11,12);3-4H2,1-2H3;1H3,(H,3,4). The van der Waals surface area contributed by atoms with Crippen molar-refractivity contribution in [3.05, 3.63) is 12.4 Å². The van der Waals surface area contributed by atoms with Gasteiger partial charge in [-0.05, 0) is 6.42 Å². The fourth-order valence-electron chi connectivity index (χ4n) is 1.10. The number of nitrogens with zero attached hydrogens (tertiary/aromatic N) is 2. The van der Waals surface area contributed by atoms with E-state index in [0.717, 1.165) is 30.6 Å². The summed E-state index contributed by atoms with van der Waals surface area (Å²) in [5, 5.41) is 7.42. The number of carboxylic acids is 1. The van der Waals surface area contributed by atoms with E-state index >= 15 is 0 Å². The van der Waals surface area contributed by atoms with E-state index in [9.17, 15) is 8.42 Å². The molecule has 0 amide bonds. The molecule has 0 aromatic heterocycles. The molecule has 21 heavy (non-hydrogen) atoms. The van der Waals surface area contributed by atoms with Crippen LogP contribution in [0.15, 0.2) is 12.4 Å². The predicted molar refractivity (Wildman–Crippen MR) is 82.9 cm³/mol. The first-order chi connectivity index (χ1) is 9.68. The molecule has 8 heteroatoms. The van der Waals surface area contributed by atoms with Crippen molar-refractivity contribution in [3.63, 3.8) is 0 Å². The van der Waals surface area contributed by atoms with Gasteiger partial charge in [0.05, 0.1) is 0 Å². The Balaban J connectivity index is 0. The van der Waals surface area contributed by atoms with E-state index in [2.05, 4.69) is 20.8 Å². The highest BCUT2D eigenvalue weighted by Gasteiger charge is 2.20. The molecule has 0 saturated heterocycles. The summed E-state index contributed by atoms with van der Waals surface area (Å²) in [5.74, 6) is -0.833. The van der Waals surface area contributed by atoms with Crippen LogP contribution in [0, 0.1) is 0 Å². The van der Waals surface area contributed by atoms with Crippen LogP contribution in [-0.4, -0.2) is 46.5 Å². The van der Waals surface area contributed by atoms with Crippen LogP contribution in [0.1, 0.15) is 53.4 Å². The Labute approximate surface area is 128 Å². The number of unbranched alkanes of at least 4 members (excludes halogenated alkanes) is 2. The lowest BCUT2D eigenvalue weighted by molar-refractivity contribution is -0.134. The third-order valence-electron chi connectivity index (χ3n) is 2.36. The third-order valence-corrected chi connectivity index (χ3v) is 3.19. The lowest BCUT2D eigenvalue weighted by Gasteiger charge is -2.18. The Morgan fingerprint density at radius 1 is 1.14 bits per heavy atom. The molecule has 0 radical (unpaired) electrons. The van der Waals surface area contributed by atoms with Crippen molar-refractivity contribution in [2.24, 2.45) is 0 Å². The van der Waals surface area contributed by atoms with Gasteiger partial charge in [0.15, 0.2) is 0 Å². The van der Waals surface area contributed by atoms with Crippen molar-refractivity contribution < 1.29 is 22.9 Å². The molecule has 0 bridgehead atoms. The van der Waals surface area contributed by atoms with Gasteiger partial charge in [0.25, 0.3) is 5.97 Å². The Bertz CT molecular complexity index is 389.